The second-order valence-electron chi connectivity index (χ2n) is 8.04. The number of nitriles is 4. The Morgan fingerprint density at radius 1 is 0.868 bits per heavy atom. The zero-order valence-corrected chi connectivity index (χ0v) is 20.8. The van der Waals surface area contributed by atoms with Gasteiger partial charge in [0.05, 0.1) is 5.69 Å². The molecule has 0 saturated carbocycles. The molecular formula is C29H16N6O2S. The normalized spacial score (nSPS) is 10.2. The predicted octanol–water partition coefficient (Wildman–Crippen LogP) is 7.17. The minimum atomic E-state index is -0.0248. The number of nitrogens with zero attached hydrogens (tertiary/aromatic N) is 6. The van der Waals surface area contributed by atoms with Crippen LogP contribution in [0.4, 0.5) is 0 Å². The monoisotopic (exact) mass is 512 g/mol. The van der Waals surface area contributed by atoms with Gasteiger partial charge >= 0.3 is 0 Å². The largest absolute Gasteiger partial charge is 0.457 e. The fourth-order valence-corrected chi connectivity index (χ4v) is 4.88. The number of hydrogen-bond donors (Lipinski definition) is 0. The second kappa shape index (κ2) is 10.2. The topological polar surface area (TPSA) is 139 Å². The van der Waals surface area contributed by atoms with Gasteiger partial charge in [-0.1, -0.05) is 12.1 Å². The molecule has 0 aliphatic rings. The van der Waals surface area contributed by atoms with Crippen LogP contribution in [0.25, 0.3) is 56.6 Å². The summed E-state index contributed by atoms with van der Waals surface area (Å²) in [7, 11) is 0. The molecule has 0 unspecified atom stereocenters. The number of thiazole rings is 1. The summed E-state index contributed by atoms with van der Waals surface area (Å²) in [6.45, 7) is 2.76. The van der Waals surface area contributed by atoms with Gasteiger partial charge in [-0.05, 0) is 49.4 Å². The maximum Gasteiger partial charge on any atom is 0.163 e. The van der Waals surface area contributed by atoms with Crippen LogP contribution in [0, 0.1) is 45.3 Å². The molecule has 0 saturated heterocycles. The molecule has 180 valence electrons. The fourth-order valence-electron chi connectivity index (χ4n) is 4.06. The van der Waals surface area contributed by atoms with Crippen LogP contribution < -0.4 is 0 Å². The Morgan fingerprint density at radius 2 is 1.58 bits per heavy atom. The van der Waals surface area contributed by atoms with E-state index >= 15 is 0 Å². The van der Waals surface area contributed by atoms with Gasteiger partial charge in [0.2, 0.25) is 0 Å². The third-order valence-electron chi connectivity index (χ3n) is 5.78. The molecule has 0 atom stereocenters. The van der Waals surface area contributed by atoms with E-state index in [1.165, 1.54) is 23.5 Å². The van der Waals surface area contributed by atoms with Crippen molar-refractivity contribution in [1.29, 1.82) is 21.0 Å². The standard InChI is InChI=1S/C29H16N6O2S/c1-2-35-24-12-21(26-6-5-22(36-26)9-18(13-30)14-31)4-3-20(24)11-25(35)27-7-8-28(37-27)29-34-17-23(38-29)10-19(15-32)16-33/h3-12,17H,2H2,1H3. The minimum Gasteiger partial charge on any atom is -0.457 e. The van der Waals surface area contributed by atoms with Gasteiger partial charge in [-0.15, -0.1) is 11.3 Å². The number of benzene rings is 1. The Bertz CT molecular complexity index is 1890. The number of fused-ring (bicyclic) bond motifs is 1. The maximum absolute atomic E-state index is 8.98. The van der Waals surface area contributed by atoms with Gasteiger partial charge in [0, 0.05) is 40.2 Å². The van der Waals surface area contributed by atoms with Gasteiger partial charge in [-0.2, -0.15) is 21.0 Å². The van der Waals surface area contributed by atoms with E-state index in [9.17, 15) is 0 Å². The van der Waals surface area contributed by atoms with E-state index < -0.39 is 0 Å². The van der Waals surface area contributed by atoms with Crippen molar-refractivity contribution >= 4 is 34.4 Å². The molecule has 0 aliphatic carbocycles. The number of aryl methyl sites for hydroxylation is 1. The van der Waals surface area contributed by atoms with Gasteiger partial charge < -0.3 is 13.4 Å². The van der Waals surface area contributed by atoms with Crippen LogP contribution in [-0.2, 0) is 6.54 Å². The molecule has 5 aromatic rings. The van der Waals surface area contributed by atoms with Gasteiger partial charge in [0.15, 0.2) is 16.5 Å². The van der Waals surface area contributed by atoms with Crippen LogP contribution in [0.3, 0.4) is 0 Å². The van der Waals surface area contributed by atoms with Crippen LogP contribution in [0.2, 0.25) is 0 Å². The lowest BCUT2D eigenvalue weighted by Crippen LogP contribution is -1.95. The summed E-state index contributed by atoms with van der Waals surface area (Å²) in [6, 6.07) is 22.7. The average Bonchev–Trinajstić information content (AvgIpc) is 3.75. The third-order valence-corrected chi connectivity index (χ3v) is 6.74. The van der Waals surface area contributed by atoms with Gasteiger partial charge in [-0.25, -0.2) is 4.98 Å². The van der Waals surface area contributed by atoms with E-state index in [4.69, 9.17) is 29.9 Å². The summed E-state index contributed by atoms with van der Waals surface area (Å²) in [6.07, 6.45) is 4.53. The van der Waals surface area contributed by atoms with E-state index in [-0.39, 0.29) is 11.1 Å². The second-order valence-corrected chi connectivity index (χ2v) is 9.11. The molecule has 0 bridgehead atoms. The van der Waals surface area contributed by atoms with Crippen molar-refractivity contribution < 1.29 is 8.83 Å². The van der Waals surface area contributed by atoms with Crippen molar-refractivity contribution in [3.63, 3.8) is 0 Å². The van der Waals surface area contributed by atoms with Crippen molar-refractivity contribution in [2.24, 2.45) is 0 Å². The van der Waals surface area contributed by atoms with Gasteiger partial charge in [-0.3, -0.25) is 0 Å². The van der Waals surface area contributed by atoms with E-state index in [1.54, 1.807) is 12.3 Å². The first-order valence-electron chi connectivity index (χ1n) is 11.4. The lowest BCUT2D eigenvalue weighted by atomic mass is 10.1. The van der Waals surface area contributed by atoms with Crippen molar-refractivity contribution in [3.8, 4) is 57.8 Å². The highest BCUT2D eigenvalue weighted by molar-refractivity contribution is 7.15. The molecule has 4 aromatic heterocycles. The van der Waals surface area contributed by atoms with Crippen molar-refractivity contribution in [2.45, 2.75) is 13.5 Å². The summed E-state index contributed by atoms with van der Waals surface area (Å²) in [5, 5.41) is 37.6. The third kappa shape index (κ3) is 4.50. The molecule has 1 aromatic carbocycles. The Morgan fingerprint density at radius 3 is 2.32 bits per heavy atom. The first kappa shape index (κ1) is 24.1. The van der Waals surface area contributed by atoms with E-state index in [2.05, 4.69) is 22.5 Å². The highest BCUT2D eigenvalue weighted by Gasteiger charge is 2.17. The van der Waals surface area contributed by atoms with Crippen LogP contribution in [0.15, 0.2) is 74.7 Å². The molecule has 0 spiro atoms. The maximum atomic E-state index is 8.98. The molecule has 0 radical (unpaired) electrons. The van der Waals surface area contributed by atoms with Crippen molar-refractivity contribution in [1.82, 2.24) is 9.55 Å². The first-order chi connectivity index (χ1) is 18.6. The van der Waals surface area contributed by atoms with Gasteiger partial charge in [0.1, 0.15) is 46.9 Å². The molecule has 0 fully saturated rings. The summed E-state index contributed by atoms with van der Waals surface area (Å²) in [5.41, 5.74) is 2.77. The molecule has 0 amide bonds. The summed E-state index contributed by atoms with van der Waals surface area (Å²) in [5.74, 6) is 2.35. The molecule has 0 aliphatic heterocycles. The Balaban J connectivity index is 1.48. The molecule has 5 rings (SSSR count). The van der Waals surface area contributed by atoms with Crippen molar-refractivity contribution in [2.75, 3.05) is 0 Å². The zero-order chi connectivity index (χ0) is 26.6. The average molecular weight is 513 g/mol. The number of allylic oxidation sites excluding steroid dienone is 2. The quantitative estimate of drug-likeness (QED) is 0.220. The Kier molecular flexibility index (Phi) is 6.45. The predicted molar refractivity (Wildman–Crippen MR) is 143 cm³/mol. The fraction of sp³-hybridized carbons (Fsp3) is 0.0690. The smallest absolute Gasteiger partial charge is 0.163 e. The molecule has 38 heavy (non-hydrogen) atoms. The van der Waals surface area contributed by atoms with E-state index in [1.807, 2.05) is 60.7 Å². The summed E-state index contributed by atoms with van der Waals surface area (Å²) < 4.78 is 14.2. The first-order valence-corrected chi connectivity index (χ1v) is 12.2. The zero-order valence-electron chi connectivity index (χ0n) is 20.0. The van der Waals surface area contributed by atoms with Crippen LogP contribution in [-0.4, -0.2) is 9.55 Å². The molecule has 0 N–H and O–H groups in total. The lowest BCUT2D eigenvalue weighted by Gasteiger charge is -2.06. The van der Waals surface area contributed by atoms with Crippen LogP contribution in [0.1, 0.15) is 17.6 Å². The minimum absolute atomic E-state index is 0.0171. The Hall–Kier alpha value is -5.61. The number of aromatic nitrogens is 2. The summed E-state index contributed by atoms with van der Waals surface area (Å²) in [4.78, 5) is 5.07. The molecular weight excluding hydrogens is 496 g/mol. The van der Waals surface area contributed by atoms with Crippen molar-refractivity contribution in [3.05, 3.63) is 76.5 Å². The van der Waals surface area contributed by atoms with E-state index in [0.29, 0.717) is 39.5 Å². The Labute approximate surface area is 221 Å². The highest BCUT2D eigenvalue weighted by Crippen LogP contribution is 2.36. The summed E-state index contributed by atoms with van der Waals surface area (Å²) >= 11 is 1.34. The molecule has 8 nitrogen and oxygen atoms in total. The van der Waals surface area contributed by atoms with E-state index in [0.717, 1.165) is 22.2 Å². The lowest BCUT2D eigenvalue weighted by molar-refractivity contribution is 0.571. The number of rotatable bonds is 6. The highest BCUT2D eigenvalue weighted by atomic mass is 32.1. The molecule has 9 heteroatoms. The number of hydrogen-bond acceptors (Lipinski definition) is 8. The number of furan rings is 2. The van der Waals surface area contributed by atoms with Crippen LogP contribution in [0.5, 0.6) is 0 Å². The van der Waals surface area contributed by atoms with Crippen LogP contribution >= 0.6 is 11.3 Å². The van der Waals surface area contributed by atoms with Gasteiger partial charge in [0.25, 0.3) is 0 Å². The SMILES string of the molecule is CCn1c(-c2ccc(-c3ncc(C=C(C#N)C#N)s3)o2)cc2ccc(-c3ccc(C=C(C#N)C#N)o3)cc21. The molecule has 4 heterocycles.